The molecule has 71 heavy (non-hydrogen) atoms. The molecule has 2 aliphatic rings. The minimum absolute atomic E-state index is 0.107. The number of H-pyrrole nitrogens is 2. The molecule has 0 bridgehead atoms. The van der Waals surface area contributed by atoms with E-state index in [4.69, 9.17) is 9.97 Å². The summed E-state index contributed by atoms with van der Waals surface area (Å²) in [5.74, 6) is -1.50. The topological polar surface area (TPSA) is 211 Å². The summed E-state index contributed by atoms with van der Waals surface area (Å²) in [5, 5.41) is 24.1. The van der Waals surface area contributed by atoms with Gasteiger partial charge in [-0.1, -0.05) is 26.0 Å². The van der Waals surface area contributed by atoms with Gasteiger partial charge >= 0.3 is 5.97 Å². The summed E-state index contributed by atoms with van der Waals surface area (Å²) in [6.07, 6.45) is 10.6. The van der Waals surface area contributed by atoms with Crippen molar-refractivity contribution in [1.82, 2.24) is 40.1 Å². The predicted octanol–water partition coefficient (Wildman–Crippen LogP) is 10.4. The van der Waals surface area contributed by atoms with Gasteiger partial charge < -0.3 is 35.9 Å². The van der Waals surface area contributed by atoms with E-state index in [0.29, 0.717) is 45.9 Å². The molecule has 0 radical (unpaired) electrons. The number of carbonyl (C=O) groups is 4. The zero-order valence-electron chi connectivity index (χ0n) is 39.9. The van der Waals surface area contributed by atoms with Crippen molar-refractivity contribution in [3.63, 3.8) is 0 Å². The Balaban J connectivity index is 0.000000179. The Kier molecular flexibility index (Phi) is 13.8. The molecule has 17 heteroatoms. The lowest BCUT2D eigenvalue weighted by Crippen LogP contribution is -2.35. The fourth-order valence-corrected chi connectivity index (χ4v) is 10.4. The number of rotatable bonds is 13. The van der Waals surface area contributed by atoms with E-state index in [1.807, 2.05) is 91.3 Å². The lowest BCUT2D eigenvalue weighted by molar-refractivity contribution is -0.111. The Morgan fingerprint density at radius 3 is 1.59 bits per heavy atom. The van der Waals surface area contributed by atoms with Gasteiger partial charge in [0, 0.05) is 116 Å². The number of likely N-dealkylation sites (N-methyl/N-ethyl adjacent to an activating group) is 1. The van der Waals surface area contributed by atoms with Gasteiger partial charge in [-0.05, 0) is 113 Å². The van der Waals surface area contributed by atoms with Crippen LogP contribution in [0.1, 0.15) is 79.6 Å². The van der Waals surface area contributed by atoms with Crippen LogP contribution in [0.5, 0.6) is 0 Å². The van der Waals surface area contributed by atoms with Crippen molar-refractivity contribution in [3.05, 3.63) is 152 Å². The zero-order chi connectivity index (χ0) is 49.9. The number of aromatic carboxylic acids is 1. The van der Waals surface area contributed by atoms with Gasteiger partial charge in [-0.3, -0.25) is 24.4 Å². The van der Waals surface area contributed by atoms with Crippen molar-refractivity contribution in [2.45, 2.75) is 41.5 Å². The smallest absolute Gasteiger partial charge is 0.337 e. The number of aryl methyl sites for hydroxylation is 2. The molecule has 0 fully saturated rings. The monoisotopic (exact) mass is 982 g/mol. The molecule has 358 valence electrons. The molecule has 10 rings (SSSR count). The molecule has 0 saturated heterocycles. The molecule has 0 saturated carbocycles. The number of hydrogen-bond acceptors (Lipinski definition) is 11. The summed E-state index contributed by atoms with van der Waals surface area (Å²) in [7, 11) is 0. The molecule has 8 heterocycles. The number of pyridine rings is 2. The molecule has 8 aromatic rings. The fourth-order valence-electron chi connectivity index (χ4n) is 8.78. The minimum Gasteiger partial charge on any atom is -0.478 e. The lowest BCUT2D eigenvalue weighted by Gasteiger charge is -2.18. The van der Waals surface area contributed by atoms with E-state index in [9.17, 15) is 24.3 Å². The van der Waals surface area contributed by atoms with E-state index in [-0.39, 0.29) is 23.3 Å². The lowest BCUT2D eigenvalue weighted by atomic mass is 10.0. The summed E-state index contributed by atoms with van der Waals surface area (Å²) in [6, 6.07) is 19.3. The number of anilines is 2. The average Bonchev–Trinajstić information content (AvgIpc) is 4.24. The van der Waals surface area contributed by atoms with Gasteiger partial charge in [0.1, 0.15) is 10.0 Å². The molecule has 2 aliphatic heterocycles. The van der Waals surface area contributed by atoms with Crippen molar-refractivity contribution in [2.24, 2.45) is 0 Å². The maximum Gasteiger partial charge on any atom is 0.337 e. The number of carboxylic acid groups (broad SMARTS) is 1. The quantitative estimate of drug-likeness (QED) is 0.0602. The first-order valence-electron chi connectivity index (χ1n) is 23.0. The van der Waals surface area contributed by atoms with E-state index < -0.39 is 5.97 Å². The summed E-state index contributed by atoms with van der Waals surface area (Å²) in [4.78, 5) is 76.7. The Morgan fingerprint density at radius 2 is 1.15 bits per heavy atom. The van der Waals surface area contributed by atoms with Crippen LogP contribution in [0.2, 0.25) is 0 Å². The molecule has 3 amide bonds. The van der Waals surface area contributed by atoms with Crippen LogP contribution in [-0.2, 0) is 9.59 Å². The first kappa shape index (κ1) is 47.9. The third kappa shape index (κ3) is 9.88. The number of nitrogens with zero attached hydrogens (tertiary/aromatic N) is 5. The minimum atomic E-state index is -0.993. The van der Waals surface area contributed by atoms with Gasteiger partial charge in [-0.25, -0.2) is 14.8 Å². The number of hydrogen-bond donors (Lipinski definition) is 6. The highest BCUT2D eigenvalue weighted by Crippen LogP contribution is 2.40. The van der Waals surface area contributed by atoms with Crippen LogP contribution in [0.25, 0.3) is 67.0 Å². The highest BCUT2D eigenvalue weighted by Gasteiger charge is 2.28. The van der Waals surface area contributed by atoms with E-state index in [1.54, 1.807) is 56.0 Å². The first-order valence-corrected chi connectivity index (χ1v) is 24.8. The number of nitrogens with one attached hydrogen (secondary N) is 5. The van der Waals surface area contributed by atoms with Crippen LogP contribution in [0.15, 0.2) is 96.2 Å². The van der Waals surface area contributed by atoms with Crippen LogP contribution in [-0.4, -0.2) is 89.8 Å². The maximum absolute atomic E-state index is 13.0. The summed E-state index contributed by atoms with van der Waals surface area (Å²) in [6.45, 7) is 14.8. The summed E-state index contributed by atoms with van der Waals surface area (Å²) in [5.41, 5.74) is 14.4. The van der Waals surface area contributed by atoms with Gasteiger partial charge in [0.05, 0.1) is 33.7 Å². The van der Waals surface area contributed by atoms with Crippen molar-refractivity contribution in [3.8, 4) is 43.7 Å². The average molecular weight is 983 g/mol. The number of aromatic nitrogens is 6. The molecule has 0 unspecified atom stereocenters. The normalized spacial score (nSPS) is 13.8. The molecule has 6 N–H and O–H groups in total. The molecular formula is C54H50N10O5S2. The number of thiazole rings is 2. The standard InChI is InChI=1S/C30H32N6O2S.C24H18N4O3S/c1-5-36(6-2)13-12-32-29(38)27-18(3)25(33-19(27)4)15-23-22-14-20(9-10-24(22)34-28(23)37)26-17-39-30(35-26)21-8-7-11-31-16-21;1-12-19(26-13(2)21(12)24(30)31)9-17-16-8-14(5-6-18(16)27-22(17)29)20-11-32-23(28-20)15-4-3-7-25-10-15/h7-11,14-17,33H,5-6,12-13H2,1-4H3,(H,32,38)(H,34,37);3-11,26H,1-2H3,(H,27,29)(H,30,31)/b23-15-;17-9-. The Morgan fingerprint density at radius 1 is 0.676 bits per heavy atom. The molecule has 15 nitrogen and oxygen atoms in total. The van der Waals surface area contributed by atoms with Crippen molar-refractivity contribution >= 4 is 81.0 Å². The van der Waals surface area contributed by atoms with Gasteiger partial charge in [-0.15, -0.1) is 22.7 Å². The second-order valence-corrected chi connectivity index (χ2v) is 18.7. The highest BCUT2D eigenvalue weighted by molar-refractivity contribution is 7.13. The molecule has 6 aromatic heterocycles. The highest BCUT2D eigenvalue weighted by atomic mass is 32.1. The SMILES string of the molecule is CCN(CC)CCNC(=O)c1c(C)[nH]c(/C=C2\C(=O)Nc3ccc(-c4csc(-c5cccnc5)n4)cc32)c1C.Cc1[nH]c(/C=C2\C(=O)Nc3ccc(-c4csc(-c5cccnc5)n4)cc32)c(C)c1C(=O)O. The van der Waals surface area contributed by atoms with Crippen molar-refractivity contribution < 1.29 is 24.3 Å². The number of amides is 3. The molecular weight excluding hydrogens is 933 g/mol. The Labute approximate surface area is 417 Å². The number of fused-ring (bicyclic) bond motifs is 2. The van der Waals surface area contributed by atoms with Crippen LogP contribution in [0.4, 0.5) is 11.4 Å². The molecule has 0 spiro atoms. The fraction of sp³-hybridized carbons (Fsp3) is 0.185. The summed E-state index contributed by atoms with van der Waals surface area (Å²) < 4.78 is 0. The van der Waals surface area contributed by atoms with E-state index in [0.717, 1.165) is 97.1 Å². The molecule has 2 aromatic carbocycles. The largest absolute Gasteiger partial charge is 0.478 e. The van der Waals surface area contributed by atoms with Crippen molar-refractivity contribution in [1.29, 1.82) is 0 Å². The molecule has 0 aliphatic carbocycles. The van der Waals surface area contributed by atoms with Crippen molar-refractivity contribution in [2.75, 3.05) is 36.8 Å². The predicted molar refractivity (Wildman–Crippen MR) is 282 cm³/mol. The second kappa shape index (κ2) is 20.5. The van der Waals surface area contributed by atoms with Gasteiger partial charge in [0.2, 0.25) is 0 Å². The summed E-state index contributed by atoms with van der Waals surface area (Å²) >= 11 is 3.09. The Hall–Kier alpha value is -8.12. The van der Waals surface area contributed by atoms with Gasteiger partial charge in [-0.2, -0.15) is 0 Å². The van der Waals surface area contributed by atoms with Crippen LogP contribution in [0.3, 0.4) is 0 Å². The number of carboxylic acids is 1. The third-order valence-corrected chi connectivity index (χ3v) is 14.4. The van der Waals surface area contributed by atoms with Crippen LogP contribution >= 0.6 is 22.7 Å². The third-order valence-electron chi connectivity index (χ3n) is 12.6. The molecule has 0 atom stereocenters. The first-order chi connectivity index (χ1) is 34.3. The van der Waals surface area contributed by atoms with E-state index >= 15 is 0 Å². The Bertz CT molecular complexity index is 3420. The number of aromatic amines is 2. The van der Waals surface area contributed by atoms with Gasteiger partial charge in [0.25, 0.3) is 17.7 Å². The van der Waals surface area contributed by atoms with Crippen LogP contribution < -0.4 is 16.0 Å². The zero-order valence-corrected chi connectivity index (χ0v) is 41.5. The maximum atomic E-state index is 13.0. The van der Waals surface area contributed by atoms with E-state index in [1.165, 1.54) is 11.3 Å². The second-order valence-electron chi connectivity index (χ2n) is 17.0. The van der Waals surface area contributed by atoms with Crippen LogP contribution in [0, 0.1) is 27.7 Å². The van der Waals surface area contributed by atoms with E-state index in [2.05, 4.69) is 54.6 Å². The van der Waals surface area contributed by atoms with Gasteiger partial charge in [0.15, 0.2) is 0 Å². The number of benzene rings is 2. The number of carbonyl (C=O) groups excluding carboxylic acids is 3.